The molecule has 0 aromatic rings. The quantitative estimate of drug-likeness (QED) is 0.421. The second-order valence-electron chi connectivity index (χ2n) is 5.49. The number of hydrogen-bond acceptors (Lipinski definition) is 6. The maximum atomic E-state index is 11.9. The van der Waals surface area contributed by atoms with E-state index in [-0.39, 0.29) is 12.7 Å². The molecule has 1 saturated heterocycles. The van der Waals surface area contributed by atoms with Crippen molar-refractivity contribution in [1.29, 1.82) is 0 Å². The molecule has 0 bridgehead atoms. The lowest BCUT2D eigenvalue weighted by Crippen LogP contribution is -2.50. The molecule has 0 radical (unpaired) electrons. The second-order valence-corrected chi connectivity index (χ2v) is 5.49. The zero-order valence-electron chi connectivity index (χ0n) is 14.4. The molecule has 1 amide bonds. The van der Waals surface area contributed by atoms with E-state index < -0.39 is 0 Å². The van der Waals surface area contributed by atoms with Crippen LogP contribution in [0.3, 0.4) is 0 Å². The Kier molecular flexibility index (Phi) is 10.4. The third-order valence-electron chi connectivity index (χ3n) is 3.59. The molecule has 0 aliphatic carbocycles. The van der Waals surface area contributed by atoms with Crippen molar-refractivity contribution >= 4 is 6.09 Å². The van der Waals surface area contributed by atoms with Crippen LogP contribution in [0.2, 0.25) is 0 Å². The van der Waals surface area contributed by atoms with E-state index >= 15 is 0 Å². The third kappa shape index (κ3) is 8.78. The largest absolute Gasteiger partial charge is 0.499 e. The molecule has 7 nitrogen and oxygen atoms in total. The van der Waals surface area contributed by atoms with Crippen molar-refractivity contribution in [2.24, 2.45) is 0 Å². The molecule has 1 aliphatic rings. The highest BCUT2D eigenvalue weighted by Crippen LogP contribution is 2.06. The monoisotopic (exact) mass is 330 g/mol. The van der Waals surface area contributed by atoms with Crippen LogP contribution in [0.25, 0.3) is 0 Å². The van der Waals surface area contributed by atoms with Gasteiger partial charge in [-0.2, -0.15) is 0 Å². The Morgan fingerprint density at radius 3 is 2.13 bits per heavy atom. The maximum Gasteiger partial charge on any atom is 0.409 e. The molecule has 1 fully saturated rings. The van der Waals surface area contributed by atoms with Gasteiger partial charge < -0.3 is 23.8 Å². The summed E-state index contributed by atoms with van der Waals surface area (Å²) in [6.45, 7) is 13.6. The van der Waals surface area contributed by atoms with Gasteiger partial charge in [-0.25, -0.2) is 4.79 Å². The number of nitrogens with zero attached hydrogens (tertiary/aromatic N) is 2. The molecule has 0 N–H and O–H groups in total. The van der Waals surface area contributed by atoms with Gasteiger partial charge in [-0.3, -0.25) is 4.90 Å². The smallest absolute Gasteiger partial charge is 0.409 e. The summed E-state index contributed by atoms with van der Waals surface area (Å²) >= 11 is 0. The maximum absolute atomic E-state index is 11.9. The van der Waals surface area contributed by atoms with Crippen LogP contribution in [-0.4, -0.2) is 87.8 Å². The molecule has 0 unspecified atom stereocenters. The van der Waals surface area contributed by atoms with Crippen LogP contribution in [0.5, 0.6) is 0 Å². The number of carbonyl (C=O) groups is 1. The molecular weight excluding hydrogens is 300 g/mol. The van der Waals surface area contributed by atoms with Crippen LogP contribution in [0.4, 0.5) is 4.79 Å². The summed E-state index contributed by atoms with van der Waals surface area (Å²) in [5.41, 5.74) is 0. The Bertz CT molecular complexity index is 330. The number of amides is 1. The Morgan fingerprint density at radius 1 is 1.00 bits per heavy atom. The van der Waals surface area contributed by atoms with E-state index in [1.165, 1.54) is 6.26 Å². The average molecular weight is 330 g/mol. The van der Waals surface area contributed by atoms with Gasteiger partial charge in [0, 0.05) is 32.2 Å². The number of ether oxygens (including phenoxy) is 4. The van der Waals surface area contributed by atoms with Gasteiger partial charge in [-0.1, -0.05) is 6.58 Å². The lowest BCUT2D eigenvalue weighted by atomic mass is 10.2. The molecule has 7 heteroatoms. The zero-order valence-corrected chi connectivity index (χ0v) is 14.4. The predicted molar refractivity (Wildman–Crippen MR) is 87.4 cm³/mol. The van der Waals surface area contributed by atoms with Crippen LogP contribution in [-0.2, 0) is 18.9 Å². The molecule has 1 aliphatic heterocycles. The lowest BCUT2D eigenvalue weighted by molar-refractivity contribution is 0.00991. The van der Waals surface area contributed by atoms with E-state index in [1.807, 2.05) is 0 Å². The normalized spacial score (nSPS) is 15.7. The minimum Gasteiger partial charge on any atom is -0.499 e. The standard InChI is InChI=1S/C16H30N2O5/c1-4-20-9-10-21-11-12-22-13-14-23-16(19)18-7-5-17(6-8-18)15(2)3/h4,15H,1,5-14H2,2-3H3. The summed E-state index contributed by atoms with van der Waals surface area (Å²) in [7, 11) is 0. The van der Waals surface area contributed by atoms with Crippen molar-refractivity contribution in [2.75, 3.05) is 65.8 Å². The number of carbonyl (C=O) groups excluding carboxylic acids is 1. The van der Waals surface area contributed by atoms with Gasteiger partial charge in [0.25, 0.3) is 0 Å². The first-order valence-electron chi connectivity index (χ1n) is 8.19. The van der Waals surface area contributed by atoms with E-state index in [4.69, 9.17) is 18.9 Å². The Hall–Kier alpha value is -1.31. The fourth-order valence-corrected chi connectivity index (χ4v) is 2.21. The average Bonchev–Trinajstić information content (AvgIpc) is 2.56. The summed E-state index contributed by atoms with van der Waals surface area (Å²) in [6, 6.07) is 0.520. The molecule has 134 valence electrons. The van der Waals surface area contributed by atoms with Crippen LogP contribution in [0.15, 0.2) is 12.8 Å². The molecule has 1 rings (SSSR count). The van der Waals surface area contributed by atoms with Gasteiger partial charge in [0.1, 0.15) is 13.2 Å². The van der Waals surface area contributed by atoms with Gasteiger partial charge in [0.05, 0.1) is 32.7 Å². The van der Waals surface area contributed by atoms with E-state index in [0.29, 0.717) is 39.1 Å². The first-order chi connectivity index (χ1) is 11.1. The molecule has 0 atom stereocenters. The molecule has 23 heavy (non-hydrogen) atoms. The number of piperazine rings is 1. The highest BCUT2D eigenvalue weighted by Gasteiger charge is 2.23. The summed E-state index contributed by atoms with van der Waals surface area (Å²) in [6.07, 6.45) is 1.13. The van der Waals surface area contributed by atoms with E-state index in [9.17, 15) is 4.79 Å². The van der Waals surface area contributed by atoms with Crippen LogP contribution >= 0.6 is 0 Å². The van der Waals surface area contributed by atoms with E-state index in [1.54, 1.807) is 4.90 Å². The predicted octanol–water partition coefficient (Wildman–Crippen LogP) is 1.34. The van der Waals surface area contributed by atoms with Crippen molar-refractivity contribution in [2.45, 2.75) is 19.9 Å². The zero-order chi connectivity index (χ0) is 16.9. The fraction of sp³-hybridized carbons (Fsp3) is 0.812. The Morgan fingerprint density at radius 2 is 1.57 bits per heavy atom. The Balaban J connectivity index is 1.93. The highest BCUT2D eigenvalue weighted by atomic mass is 16.6. The third-order valence-corrected chi connectivity index (χ3v) is 3.59. The van der Waals surface area contributed by atoms with Gasteiger partial charge in [-0.05, 0) is 13.8 Å². The molecule has 0 aromatic carbocycles. The van der Waals surface area contributed by atoms with Crippen LogP contribution in [0, 0.1) is 0 Å². The summed E-state index contributed by atoms with van der Waals surface area (Å²) in [4.78, 5) is 16.0. The van der Waals surface area contributed by atoms with Gasteiger partial charge in [0.15, 0.2) is 0 Å². The molecule has 1 heterocycles. The van der Waals surface area contributed by atoms with Crippen LogP contribution in [0.1, 0.15) is 13.8 Å². The summed E-state index contributed by atoms with van der Waals surface area (Å²) < 4.78 is 20.7. The number of rotatable bonds is 11. The van der Waals surface area contributed by atoms with Crippen molar-refractivity contribution in [3.8, 4) is 0 Å². The van der Waals surface area contributed by atoms with Crippen molar-refractivity contribution < 1.29 is 23.7 Å². The fourth-order valence-electron chi connectivity index (χ4n) is 2.21. The lowest BCUT2D eigenvalue weighted by Gasteiger charge is -2.36. The van der Waals surface area contributed by atoms with Gasteiger partial charge in [0.2, 0.25) is 0 Å². The van der Waals surface area contributed by atoms with E-state index in [0.717, 1.165) is 26.2 Å². The molecule has 0 aromatic heterocycles. The topological polar surface area (TPSA) is 60.5 Å². The molecular formula is C16H30N2O5. The van der Waals surface area contributed by atoms with Crippen molar-refractivity contribution in [1.82, 2.24) is 9.80 Å². The molecule has 0 spiro atoms. The minimum atomic E-state index is -0.255. The first kappa shape index (κ1) is 19.7. The Labute approximate surface area is 139 Å². The van der Waals surface area contributed by atoms with Gasteiger partial charge in [-0.15, -0.1) is 0 Å². The van der Waals surface area contributed by atoms with Gasteiger partial charge >= 0.3 is 6.09 Å². The minimum absolute atomic E-state index is 0.255. The first-order valence-corrected chi connectivity index (χ1v) is 8.19. The summed E-state index contributed by atoms with van der Waals surface area (Å²) in [5.74, 6) is 0. The summed E-state index contributed by atoms with van der Waals surface area (Å²) in [5, 5.41) is 0. The second kappa shape index (κ2) is 12.2. The van der Waals surface area contributed by atoms with Crippen molar-refractivity contribution in [3.05, 3.63) is 12.8 Å². The molecule has 0 saturated carbocycles. The van der Waals surface area contributed by atoms with E-state index in [2.05, 4.69) is 25.3 Å². The van der Waals surface area contributed by atoms with Crippen LogP contribution < -0.4 is 0 Å². The number of hydrogen-bond donors (Lipinski definition) is 0. The highest BCUT2D eigenvalue weighted by molar-refractivity contribution is 5.67. The SMILES string of the molecule is C=COCCOCCOCCOC(=O)N1CCN(C(C)C)CC1. The van der Waals surface area contributed by atoms with Crippen molar-refractivity contribution in [3.63, 3.8) is 0 Å².